The van der Waals surface area contributed by atoms with Gasteiger partial charge >= 0.3 is 6.03 Å². The van der Waals surface area contributed by atoms with Crippen molar-refractivity contribution in [3.05, 3.63) is 39.6 Å². The van der Waals surface area contributed by atoms with Crippen molar-refractivity contribution < 1.29 is 4.79 Å². The number of aromatic nitrogens is 2. The second kappa shape index (κ2) is 8.03. The van der Waals surface area contributed by atoms with Crippen LogP contribution in [0.5, 0.6) is 0 Å². The van der Waals surface area contributed by atoms with Gasteiger partial charge in [-0.15, -0.1) is 11.3 Å². The Kier molecular flexibility index (Phi) is 5.76. The van der Waals surface area contributed by atoms with Crippen molar-refractivity contribution in [3.8, 4) is 0 Å². The highest BCUT2D eigenvalue weighted by Gasteiger charge is 2.22. The number of pyridine rings is 1. The number of amides is 2. The minimum Gasteiger partial charge on any atom is -0.370 e. The van der Waals surface area contributed by atoms with E-state index in [1.54, 1.807) is 11.3 Å². The lowest BCUT2D eigenvalue weighted by Crippen LogP contribution is -2.43. The van der Waals surface area contributed by atoms with Crippen LogP contribution in [0.15, 0.2) is 18.3 Å². The summed E-state index contributed by atoms with van der Waals surface area (Å²) in [6.45, 7) is 11.3. The Balaban J connectivity index is 1.60. The molecule has 7 heteroatoms. The highest BCUT2D eigenvalue weighted by Crippen LogP contribution is 2.23. The number of aryl methyl sites for hydroxylation is 3. The number of carbonyl (C=O) groups is 1. The maximum absolute atomic E-state index is 12.7. The molecule has 0 aromatic carbocycles. The molecule has 140 valence electrons. The summed E-state index contributed by atoms with van der Waals surface area (Å²) in [5.41, 5.74) is 3.18. The molecule has 0 unspecified atom stereocenters. The standard InChI is InChI=1S/C19H27N5OS/c1-13-12-17(6-7-20-13)23-8-5-9-24(11-10-23)19(25)21-14(2)18-15(3)26-16(4)22-18/h6-7,12,14H,5,8-11H2,1-4H3,(H,21,25)/t14-/m1/s1. The Hall–Kier alpha value is -2.15. The number of rotatable bonds is 3. The molecule has 1 N–H and O–H groups in total. The highest BCUT2D eigenvalue weighted by molar-refractivity contribution is 7.11. The number of nitrogens with zero attached hydrogens (tertiary/aromatic N) is 4. The average molecular weight is 374 g/mol. The minimum atomic E-state index is -0.0744. The molecule has 0 saturated carbocycles. The summed E-state index contributed by atoms with van der Waals surface area (Å²) < 4.78 is 0. The number of urea groups is 1. The lowest BCUT2D eigenvalue weighted by atomic mass is 10.2. The van der Waals surface area contributed by atoms with Gasteiger partial charge in [0.05, 0.1) is 16.7 Å². The van der Waals surface area contributed by atoms with Crippen LogP contribution in [0.1, 0.15) is 40.7 Å². The SMILES string of the molecule is Cc1cc(N2CCCN(C(=O)N[C@H](C)c3nc(C)sc3C)CC2)ccn1. The first-order valence-electron chi connectivity index (χ1n) is 9.11. The lowest BCUT2D eigenvalue weighted by Gasteiger charge is -2.25. The van der Waals surface area contributed by atoms with Crippen molar-refractivity contribution in [3.63, 3.8) is 0 Å². The Morgan fingerprint density at radius 1 is 1.23 bits per heavy atom. The second-order valence-electron chi connectivity index (χ2n) is 6.83. The molecule has 0 aliphatic carbocycles. The summed E-state index contributed by atoms with van der Waals surface area (Å²) in [5, 5.41) is 4.15. The van der Waals surface area contributed by atoms with Gasteiger partial charge in [-0.1, -0.05) is 0 Å². The monoisotopic (exact) mass is 373 g/mol. The number of nitrogens with one attached hydrogen (secondary N) is 1. The highest BCUT2D eigenvalue weighted by atomic mass is 32.1. The molecule has 0 bridgehead atoms. The molecule has 1 atom stereocenters. The van der Waals surface area contributed by atoms with Gasteiger partial charge in [-0.3, -0.25) is 4.98 Å². The van der Waals surface area contributed by atoms with E-state index < -0.39 is 0 Å². The zero-order chi connectivity index (χ0) is 18.7. The molecule has 6 nitrogen and oxygen atoms in total. The van der Waals surface area contributed by atoms with Crippen molar-refractivity contribution in [1.82, 2.24) is 20.2 Å². The molecule has 2 aromatic rings. The van der Waals surface area contributed by atoms with Crippen LogP contribution in [0.2, 0.25) is 0 Å². The van der Waals surface area contributed by atoms with E-state index in [1.807, 2.05) is 37.9 Å². The van der Waals surface area contributed by atoms with Crippen LogP contribution < -0.4 is 10.2 Å². The largest absolute Gasteiger partial charge is 0.370 e. The van der Waals surface area contributed by atoms with Crippen LogP contribution >= 0.6 is 11.3 Å². The van der Waals surface area contributed by atoms with E-state index in [4.69, 9.17) is 0 Å². The second-order valence-corrected chi connectivity index (χ2v) is 8.24. The zero-order valence-electron chi connectivity index (χ0n) is 16.0. The van der Waals surface area contributed by atoms with Crippen molar-refractivity contribution in [2.75, 3.05) is 31.1 Å². The Labute approximate surface area is 159 Å². The van der Waals surface area contributed by atoms with E-state index in [0.717, 1.165) is 49.0 Å². The summed E-state index contributed by atoms with van der Waals surface area (Å²) >= 11 is 1.67. The van der Waals surface area contributed by atoms with Crippen molar-refractivity contribution in [2.45, 2.75) is 40.2 Å². The van der Waals surface area contributed by atoms with Gasteiger partial charge in [-0.25, -0.2) is 9.78 Å². The van der Waals surface area contributed by atoms with Crippen LogP contribution in [0.25, 0.3) is 0 Å². The van der Waals surface area contributed by atoms with Crippen LogP contribution in [0, 0.1) is 20.8 Å². The molecule has 1 saturated heterocycles. The van der Waals surface area contributed by atoms with Gasteiger partial charge in [-0.2, -0.15) is 0 Å². The molecule has 0 spiro atoms. The summed E-state index contributed by atoms with van der Waals surface area (Å²) in [6, 6.07) is 4.06. The third kappa shape index (κ3) is 4.33. The van der Waals surface area contributed by atoms with Crippen LogP contribution in [0.3, 0.4) is 0 Å². The van der Waals surface area contributed by atoms with E-state index in [1.165, 1.54) is 10.6 Å². The first-order chi connectivity index (χ1) is 12.4. The average Bonchev–Trinajstić information content (AvgIpc) is 2.81. The van der Waals surface area contributed by atoms with E-state index in [0.29, 0.717) is 0 Å². The molecule has 1 aliphatic rings. The molecule has 2 aromatic heterocycles. The Morgan fingerprint density at radius 2 is 2.04 bits per heavy atom. The first-order valence-corrected chi connectivity index (χ1v) is 9.92. The summed E-state index contributed by atoms with van der Waals surface area (Å²) in [5.74, 6) is 0. The van der Waals surface area contributed by atoms with Crippen LogP contribution in [-0.2, 0) is 0 Å². The topological polar surface area (TPSA) is 61.4 Å². The fourth-order valence-electron chi connectivity index (χ4n) is 3.40. The van der Waals surface area contributed by atoms with Gasteiger partial charge in [0.25, 0.3) is 0 Å². The smallest absolute Gasteiger partial charge is 0.317 e. The van der Waals surface area contributed by atoms with E-state index in [-0.39, 0.29) is 12.1 Å². The Bertz CT molecular complexity index is 775. The maximum Gasteiger partial charge on any atom is 0.317 e. The number of hydrogen-bond acceptors (Lipinski definition) is 5. The molecule has 1 fully saturated rings. The predicted molar refractivity (Wildman–Crippen MR) is 106 cm³/mol. The third-order valence-electron chi connectivity index (χ3n) is 4.72. The maximum atomic E-state index is 12.7. The van der Waals surface area contributed by atoms with Gasteiger partial charge < -0.3 is 15.1 Å². The summed E-state index contributed by atoms with van der Waals surface area (Å²) in [6.07, 6.45) is 2.80. The Morgan fingerprint density at radius 3 is 2.73 bits per heavy atom. The van der Waals surface area contributed by atoms with Crippen LogP contribution in [0.4, 0.5) is 10.5 Å². The van der Waals surface area contributed by atoms with Crippen molar-refractivity contribution in [2.24, 2.45) is 0 Å². The van der Waals surface area contributed by atoms with E-state index in [9.17, 15) is 4.79 Å². The number of carbonyl (C=O) groups excluding carboxylic acids is 1. The van der Waals surface area contributed by atoms with Crippen molar-refractivity contribution in [1.29, 1.82) is 0 Å². The molecule has 2 amide bonds. The van der Waals surface area contributed by atoms with Gasteiger partial charge in [0.15, 0.2) is 0 Å². The van der Waals surface area contributed by atoms with Crippen LogP contribution in [-0.4, -0.2) is 47.1 Å². The van der Waals surface area contributed by atoms with Gasteiger partial charge in [0.1, 0.15) is 0 Å². The fraction of sp³-hybridized carbons (Fsp3) is 0.526. The molecular formula is C19H27N5OS. The number of hydrogen-bond donors (Lipinski definition) is 1. The molecule has 3 rings (SSSR count). The zero-order valence-corrected chi connectivity index (χ0v) is 16.8. The quantitative estimate of drug-likeness (QED) is 0.895. The predicted octanol–water partition coefficient (Wildman–Crippen LogP) is 3.45. The minimum absolute atomic E-state index is 0.00434. The fourth-order valence-corrected chi connectivity index (χ4v) is 4.31. The van der Waals surface area contributed by atoms with Gasteiger partial charge in [0.2, 0.25) is 0 Å². The first kappa shape index (κ1) is 18.6. The summed E-state index contributed by atoms with van der Waals surface area (Å²) in [4.78, 5) is 27.0. The normalized spacial score (nSPS) is 16.3. The molecule has 0 radical (unpaired) electrons. The molecular weight excluding hydrogens is 346 g/mol. The number of anilines is 1. The van der Waals surface area contributed by atoms with Gasteiger partial charge in [-0.05, 0) is 46.2 Å². The molecule has 26 heavy (non-hydrogen) atoms. The van der Waals surface area contributed by atoms with Gasteiger partial charge in [0, 0.05) is 48.6 Å². The molecule has 1 aliphatic heterocycles. The van der Waals surface area contributed by atoms with Crippen molar-refractivity contribution >= 4 is 23.1 Å². The van der Waals surface area contributed by atoms with E-state index >= 15 is 0 Å². The summed E-state index contributed by atoms with van der Waals surface area (Å²) in [7, 11) is 0. The lowest BCUT2D eigenvalue weighted by molar-refractivity contribution is 0.198. The number of thiazole rings is 1. The van der Waals surface area contributed by atoms with E-state index in [2.05, 4.69) is 33.2 Å². The third-order valence-corrected chi connectivity index (χ3v) is 5.62. The molecule has 3 heterocycles.